The highest BCUT2D eigenvalue weighted by atomic mass is 16.3. The van der Waals surface area contributed by atoms with Crippen LogP contribution in [0, 0.1) is 0 Å². The zero-order valence-corrected chi connectivity index (χ0v) is 5.33. The van der Waals surface area contributed by atoms with Crippen molar-refractivity contribution >= 4 is 0 Å². The lowest BCUT2D eigenvalue weighted by atomic mass is 10.2. The van der Waals surface area contributed by atoms with Crippen LogP contribution in [-0.4, -0.2) is 21.4 Å². The lowest BCUT2D eigenvalue weighted by Crippen LogP contribution is -2.02. The van der Waals surface area contributed by atoms with Crippen molar-refractivity contribution in [1.82, 2.24) is 10.2 Å². The third-order valence-electron chi connectivity index (χ3n) is 1.09. The SMILES string of the molecule is C[C@@H](O)Cc1cn[nH]c1. The van der Waals surface area contributed by atoms with Crippen molar-refractivity contribution in [3.8, 4) is 0 Å². The fraction of sp³-hybridized carbons (Fsp3) is 0.500. The molecule has 1 aromatic rings. The van der Waals surface area contributed by atoms with Crippen LogP contribution >= 0.6 is 0 Å². The second kappa shape index (κ2) is 2.64. The van der Waals surface area contributed by atoms with E-state index in [0.717, 1.165) is 5.56 Å². The van der Waals surface area contributed by atoms with Crippen molar-refractivity contribution in [2.75, 3.05) is 0 Å². The summed E-state index contributed by atoms with van der Waals surface area (Å²) in [4.78, 5) is 0. The molecule has 0 bridgehead atoms. The average Bonchev–Trinajstić information content (AvgIpc) is 2.15. The standard InChI is InChI=1S/C6H10N2O/c1-5(9)2-6-3-7-8-4-6/h3-5,9H,2H2,1H3,(H,7,8)/t5-/m1/s1. The predicted molar refractivity (Wildman–Crippen MR) is 34.0 cm³/mol. The molecule has 1 rings (SSSR count). The van der Waals surface area contributed by atoms with Crippen LogP contribution in [0.25, 0.3) is 0 Å². The molecule has 50 valence electrons. The van der Waals surface area contributed by atoms with E-state index in [2.05, 4.69) is 10.2 Å². The molecule has 0 saturated heterocycles. The van der Waals surface area contributed by atoms with E-state index in [0.29, 0.717) is 6.42 Å². The summed E-state index contributed by atoms with van der Waals surface area (Å²) in [7, 11) is 0. The first-order valence-electron chi connectivity index (χ1n) is 2.95. The Hall–Kier alpha value is -0.830. The smallest absolute Gasteiger partial charge is 0.0553 e. The van der Waals surface area contributed by atoms with E-state index in [9.17, 15) is 0 Å². The molecule has 9 heavy (non-hydrogen) atoms. The number of hydrogen-bond donors (Lipinski definition) is 2. The summed E-state index contributed by atoms with van der Waals surface area (Å²) in [5, 5.41) is 15.3. The van der Waals surface area contributed by atoms with Gasteiger partial charge in [-0.25, -0.2) is 0 Å². The molecule has 0 saturated carbocycles. The monoisotopic (exact) mass is 126 g/mol. The summed E-state index contributed by atoms with van der Waals surface area (Å²) < 4.78 is 0. The van der Waals surface area contributed by atoms with E-state index in [1.807, 2.05) is 0 Å². The van der Waals surface area contributed by atoms with Gasteiger partial charge in [0, 0.05) is 12.6 Å². The summed E-state index contributed by atoms with van der Waals surface area (Å²) in [6.45, 7) is 1.76. The van der Waals surface area contributed by atoms with Gasteiger partial charge in [-0.15, -0.1) is 0 Å². The lowest BCUT2D eigenvalue weighted by Gasteiger charge is -1.97. The second-order valence-corrected chi connectivity index (χ2v) is 2.16. The van der Waals surface area contributed by atoms with E-state index < -0.39 is 0 Å². The number of aliphatic hydroxyl groups is 1. The van der Waals surface area contributed by atoms with Crippen LogP contribution in [0.5, 0.6) is 0 Å². The predicted octanol–water partition coefficient (Wildman–Crippen LogP) is 0.333. The minimum atomic E-state index is -0.275. The van der Waals surface area contributed by atoms with Gasteiger partial charge in [-0.3, -0.25) is 5.10 Å². The maximum absolute atomic E-state index is 8.88. The largest absolute Gasteiger partial charge is 0.393 e. The van der Waals surface area contributed by atoms with E-state index in [4.69, 9.17) is 5.11 Å². The molecule has 0 aliphatic heterocycles. The average molecular weight is 126 g/mol. The van der Waals surface area contributed by atoms with Gasteiger partial charge in [0.2, 0.25) is 0 Å². The Morgan fingerprint density at radius 1 is 1.89 bits per heavy atom. The maximum Gasteiger partial charge on any atom is 0.0553 e. The quantitative estimate of drug-likeness (QED) is 0.600. The molecular formula is C6H10N2O. The normalized spacial score (nSPS) is 13.6. The molecule has 0 aliphatic carbocycles. The van der Waals surface area contributed by atoms with Crippen molar-refractivity contribution in [2.45, 2.75) is 19.4 Å². The molecule has 3 heteroatoms. The van der Waals surface area contributed by atoms with Crippen molar-refractivity contribution < 1.29 is 5.11 Å². The summed E-state index contributed by atoms with van der Waals surface area (Å²) in [6, 6.07) is 0. The van der Waals surface area contributed by atoms with E-state index in [-0.39, 0.29) is 6.10 Å². The Morgan fingerprint density at radius 3 is 3.11 bits per heavy atom. The first-order chi connectivity index (χ1) is 4.29. The number of nitrogens with zero attached hydrogens (tertiary/aromatic N) is 1. The van der Waals surface area contributed by atoms with Crippen LogP contribution in [0.1, 0.15) is 12.5 Å². The summed E-state index contributed by atoms with van der Waals surface area (Å²) >= 11 is 0. The highest BCUT2D eigenvalue weighted by Crippen LogP contribution is 1.97. The number of hydrogen-bond acceptors (Lipinski definition) is 2. The molecular weight excluding hydrogens is 116 g/mol. The van der Waals surface area contributed by atoms with Crippen molar-refractivity contribution in [3.63, 3.8) is 0 Å². The van der Waals surface area contributed by atoms with Crippen LogP contribution in [0.3, 0.4) is 0 Å². The van der Waals surface area contributed by atoms with Crippen LogP contribution in [0.15, 0.2) is 12.4 Å². The molecule has 0 aliphatic rings. The van der Waals surface area contributed by atoms with E-state index >= 15 is 0 Å². The van der Waals surface area contributed by atoms with Crippen LogP contribution in [0.2, 0.25) is 0 Å². The number of nitrogens with one attached hydrogen (secondary N) is 1. The van der Waals surface area contributed by atoms with Crippen molar-refractivity contribution in [1.29, 1.82) is 0 Å². The highest BCUT2D eigenvalue weighted by Gasteiger charge is 1.97. The number of H-pyrrole nitrogens is 1. The Morgan fingerprint density at radius 2 is 2.67 bits per heavy atom. The molecule has 2 N–H and O–H groups in total. The minimum Gasteiger partial charge on any atom is -0.393 e. The maximum atomic E-state index is 8.88. The second-order valence-electron chi connectivity index (χ2n) is 2.16. The van der Waals surface area contributed by atoms with Crippen molar-refractivity contribution in [3.05, 3.63) is 18.0 Å². The number of rotatable bonds is 2. The van der Waals surface area contributed by atoms with Gasteiger partial charge in [-0.2, -0.15) is 5.10 Å². The molecule has 0 aromatic carbocycles. The van der Waals surface area contributed by atoms with Gasteiger partial charge in [0.1, 0.15) is 0 Å². The highest BCUT2D eigenvalue weighted by molar-refractivity contribution is 5.03. The van der Waals surface area contributed by atoms with E-state index in [1.165, 1.54) is 0 Å². The van der Waals surface area contributed by atoms with Gasteiger partial charge >= 0.3 is 0 Å². The van der Waals surface area contributed by atoms with E-state index in [1.54, 1.807) is 19.3 Å². The van der Waals surface area contributed by atoms with Crippen molar-refractivity contribution in [2.24, 2.45) is 0 Å². The summed E-state index contributed by atoms with van der Waals surface area (Å²) in [6.07, 6.45) is 3.90. The molecule has 0 fully saturated rings. The Bertz CT molecular complexity index is 158. The Balaban J connectivity index is 2.48. The van der Waals surface area contributed by atoms with Crippen LogP contribution < -0.4 is 0 Å². The number of aromatic nitrogens is 2. The van der Waals surface area contributed by atoms with Gasteiger partial charge in [0.15, 0.2) is 0 Å². The molecule has 1 heterocycles. The Kier molecular flexibility index (Phi) is 1.85. The molecule has 1 aromatic heterocycles. The zero-order valence-electron chi connectivity index (χ0n) is 5.33. The third-order valence-corrected chi connectivity index (χ3v) is 1.09. The molecule has 0 unspecified atom stereocenters. The molecule has 3 nitrogen and oxygen atoms in total. The van der Waals surface area contributed by atoms with Gasteiger partial charge in [-0.1, -0.05) is 0 Å². The molecule has 0 radical (unpaired) electrons. The van der Waals surface area contributed by atoms with Gasteiger partial charge in [-0.05, 0) is 12.5 Å². The summed E-state index contributed by atoms with van der Waals surface area (Å²) in [5.41, 5.74) is 1.05. The van der Waals surface area contributed by atoms with Gasteiger partial charge in [0.25, 0.3) is 0 Å². The lowest BCUT2D eigenvalue weighted by molar-refractivity contribution is 0.195. The fourth-order valence-corrected chi connectivity index (χ4v) is 0.730. The molecule has 0 amide bonds. The van der Waals surface area contributed by atoms with Gasteiger partial charge < -0.3 is 5.11 Å². The fourth-order valence-electron chi connectivity index (χ4n) is 0.730. The Labute approximate surface area is 53.7 Å². The molecule has 0 spiro atoms. The zero-order chi connectivity index (χ0) is 6.69. The number of aliphatic hydroxyl groups excluding tert-OH is 1. The summed E-state index contributed by atoms with van der Waals surface area (Å²) in [5.74, 6) is 0. The minimum absolute atomic E-state index is 0.275. The van der Waals surface area contributed by atoms with Crippen LogP contribution in [0.4, 0.5) is 0 Å². The third kappa shape index (κ3) is 1.85. The topological polar surface area (TPSA) is 48.9 Å². The first-order valence-corrected chi connectivity index (χ1v) is 2.95. The molecule has 1 atom stereocenters. The first kappa shape index (κ1) is 6.29. The van der Waals surface area contributed by atoms with Crippen LogP contribution in [-0.2, 0) is 6.42 Å². The number of aromatic amines is 1. The van der Waals surface area contributed by atoms with Gasteiger partial charge in [0.05, 0.1) is 12.3 Å².